The molecule has 0 radical (unpaired) electrons. The van der Waals surface area contributed by atoms with Crippen molar-refractivity contribution in [2.45, 2.75) is 0 Å². The van der Waals surface area contributed by atoms with Gasteiger partial charge in [-0.15, -0.1) is 0 Å². The number of hydrogen-bond acceptors (Lipinski definition) is 2. The van der Waals surface area contributed by atoms with Gasteiger partial charge in [0.15, 0.2) is 0 Å². The Labute approximate surface area is 282 Å². The molecular formula is C32H20N8Na2. The molecule has 1 aliphatic heterocycles. The minimum absolute atomic E-state index is 0. The molecule has 9 rings (SSSR count). The van der Waals surface area contributed by atoms with Gasteiger partial charge >= 0.3 is 59.1 Å². The zero-order chi connectivity index (χ0) is 26.2. The van der Waals surface area contributed by atoms with Crippen molar-refractivity contribution in [3.8, 4) is 22.8 Å². The van der Waals surface area contributed by atoms with E-state index in [1.807, 2.05) is 60.7 Å². The van der Waals surface area contributed by atoms with E-state index in [2.05, 4.69) is 56.3 Å². The molecule has 8 nitrogen and oxygen atoms in total. The fourth-order valence-corrected chi connectivity index (χ4v) is 5.73. The molecule has 4 aromatic carbocycles. The van der Waals surface area contributed by atoms with Crippen molar-refractivity contribution in [3.05, 3.63) is 97.1 Å². The number of rotatable bonds is 0. The van der Waals surface area contributed by atoms with Crippen LogP contribution in [0.1, 0.15) is 0 Å². The predicted molar refractivity (Wildman–Crippen MR) is 160 cm³/mol. The number of benzene rings is 4. The smallest absolute Gasteiger partial charge is 0.411 e. The summed E-state index contributed by atoms with van der Waals surface area (Å²) in [5, 5.41) is 6.06. The van der Waals surface area contributed by atoms with Crippen molar-refractivity contribution in [2.75, 3.05) is 0 Å². The summed E-state index contributed by atoms with van der Waals surface area (Å²) < 4.78 is 0. The van der Waals surface area contributed by atoms with Crippen LogP contribution in [-0.4, -0.2) is 29.9 Å². The molecule has 0 atom stereocenters. The summed E-state index contributed by atoms with van der Waals surface area (Å²) in [5.74, 6) is 1.24. The first-order valence-electron chi connectivity index (χ1n) is 13.1. The van der Waals surface area contributed by atoms with E-state index in [1.54, 1.807) is 0 Å². The SMILES string of the molecule is [Na+].[Na+].c1ccc2c(c1)-c1nc-2[n-]c2[nH]c([nH]c3[n-]c([nH]c4[nH]c(n1)c1ccccc41)c1ccccc31)c1ccccc21. The molecule has 0 saturated carbocycles. The topological polar surface area (TPSA) is 117 Å². The van der Waals surface area contributed by atoms with Crippen LogP contribution in [-0.2, 0) is 0 Å². The summed E-state index contributed by atoms with van der Waals surface area (Å²) in [6, 6.07) is 32.7. The Hall–Kier alpha value is -3.76. The molecule has 0 unspecified atom stereocenters. The summed E-state index contributed by atoms with van der Waals surface area (Å²) in [7, 11) is 0. The Morgan fingerprint density at radius 2 is 0.881 bits per heavy atom. The zero-order valence-electron chi connectivity index (χ0n) is 23.0. The van der Waals surface area contributed by atoms with Gasteiger partial charge in [-0.1, -0.05) is 97.1 Å². The second-order valence-corrected chi connectivity index (χ2v) is 9.92. The van der Waals surface area contributed by atoms with Crippen molar-refractivity contribution in [2.24, 2.45) is 0 Å². The molecule has 0 spiro atoms. The Balaban J connectivity index is 0.00000144. The minimum Gasteiger partial charge on any atom is -0.411 e. The zero-order valence-corrected chi connectivity index (χ0v) is 27.0. The number of H-pyrrole nitrogens is 4. The van der Waals surface area contributed by atoms with Gasteiger partial charge in [-0.25, -0.2) is 4.98 Å². The van der Waals surface area contributed by atoms with E-state index >= 15 is 0 Å². The number of nitrogens with one attached hydrogen (secondary N) is 4. The number of aromatic nitrogens is 8. The monoisotopic (exact) mass is 562 g/mol. The Morgan fingerprint density at radius 1 is 0.429 bits per heavy atom. The molecule has 190 valence electrons. The Morgan fingerprint density at radius 3 is 1.52 bits per heavy atom. The van der Waals surface area contributed by atoms with E-state index < -0.39 is 0 Å². The Kier molecular flexibility index (Phi) is 6.78. The predicted octanol–water partition coefficient (Wildman–Crippen LogP) is 1.09. The average molecular weight is 563 g/mol. The molecule has 42 heavy (non-hydrogen) atoms. The largest absolute Gasteiger partial charge is 1.00 e. The van der Waals surface area contributed by atoms with Crippen molar-refractivity contribution < 1.29 is 59.1 Å². The molecule has 0 saturated heterocycles. The van der Waals surface area contributed by atoms with Gasteiger partial charge in [-0.2, -0.15) is 0 Å². The van der Waals surface area contributed by atoms with Gasteiger partial charge < -0.3 is 34.9 Å². The summed E-state index contributed by atoms with van der Waals surface area (Å²) in [6.45, 7) is 0. The van der Waals surface area contributed by atoms with Gasteiger partial charge in [0.2, 0.25) is 0 Å². The normalized spacial score (nSPS) is 11.4. The van der Waals surface area contributed by atoms with Crippen molar-refractivity contribution >= 4 is 66.2 Å². The van der Waals surface area contributed by atoms with E-state index in [0.29, 0.717) is 11.6 Å². The van der Waals surface area contributed by atoms with Gasteiger partial charge in [0.1, 0.15) is 5.65 Å². The third kappa shape index (κ3) is 4.14. The Bertz CT molecular complexity index is 2300. The molecular weight excluding hydrogens is 542 g/mol. The first kappa shape index (κ1) is 27.1. The molecule has 5 heterocycles. The molecule has 4 aromatic heterocycles. The van der Waals surface area contributed by atoms with Gasteiger partial charge in [-0.05, 0) is 27.1 Å². The van der Waals surface area contributed by atoms with Crippen LogP contribution in [0.3, 0.4) is 0 Å². The fourth-order valence-electron chi connectivity index (χ4n) is 5.73. The molecule has 8 bridgehead atoms. The van der Waals surface area contributed by atoms with Gasteiger partial charge in [0.05, 0.1) is 11.5 Å². The van der Waals surface area contributed by atoms with Gasteiger partial charge in [0.25, 0.3) is 0 Å². The van der Waals surface area contributed by atoms with Crippen molar-refractivity contribution in [3.63, 3.8) is 0 Å². The molecule has 0 fully saturated rings. The van der Waals surface area contributed by atoms with Crippen molar-refractivity contribution in [1.29, 1.82) is 0 Å². The van der Waals surface area contributed by atoms with Crippen LogP contribution in [0, 0.1) is 0 Å². The maximum atomic E-state index is 5.04. The summed E-state index contributed by atoms with van der Waals surface area (Å²) in [6.07, 6.45) is 0. The molecule has 4 N–H and O–H groups in total. The quantitative estimate of drug-likeness (QED) is 0.207. The van der Waals surface area contributed by atoms with Crippen molar-refractivity contribution in [1.82, 2.24) is 39.9 Å². The summed E-state index contributed by atoms with van der Waals surface area (Å²) >= 11 is 0. The molecule has 10 heteroatoms. The second-order valence-electron chi connectivity index (χ2n) is 9.92. The maximum absolute atomic E-state index is 5.04. The van der Waals surface area contributed by atoms with E-state index in [9.17, 15) is 0 Å². The maximum Gasteiger partial charge on any atom is 1.00 e. The average Bonchev–Trinajstić information content (AvgIpc) is 3.73. The van der Waals surface area contributed by atoms with E-state index in [-0.39, 0.29) is 59.1 Å². The number of aromatic amines is 4. The minimum atomic E-state index is 0. The van der Waals surface area contributed by atoms with Gasteiger partial charge in [-0.3, -0.25) is 0 Å². The summed E-state index contributed by atoms with van der Waals surface area (Å²) in [4.78, 5) is 34.2. The first-order valence-corrected chi connectivity index (χ1v) is 13.1. The van der Waals surface area contributed by atoms with Crippen LogP contribution < -0.4 is 69.1 Å². The van der Waals surface area contributed by atoms with Crippen LogP contribution in [0.5, 0.6) is 0 Å². The van der Waals surface area contributed by atoms with E-state index in [4.69, 9.17) is 19.9 Å². The molecule has 0 amide bonds. The van der Waals surface area contributed by atoms with E-state index in [1.165, 1.54) is 0 Å². The fraction of sp³-hybridized carbons (Fsp3) is 0. The standard InChI is InChI=1S/C32H20N8.2Na/c1-2-10-18-17(9-1)25-33-26(18)38-28-21-13-5-6-14-22(21)30(35-28)40-32-24-16-8-7-15-23(24)31(36-32)39-29-20-12-4-3-11-19(20)27(34-29)37-25;;/h1-16,33,36-37,39H;;/q-2;2*+1. The third-order valence-electron chi connectivity index (χ3n) is 7.59. The molecule has 0 aliphatic carbocycles. The number of fused-ring (bicyclic) bond motifs is 20. The number of hydrogen-bond donors (Lipinski definition) is 4. The van der Waals surface area contributed by atoms with Crippen LogP contribution in [0.15, 0.2) is 97.1 Å². The van der Waals surface area contributed by atoms with E-state index in [0.717, 1.165) is 77.3 Å². The molecule has 8 aromatic rings. The molecule has 1 aliphatic rings. The third-order valence-corrected chi connectivity index (χ3v) is 7.59. The second kappa shape index (κ2) is 10.5. The number of nitrogens with zero attached hydrogens (tertiary/aromatic N) is 4. The van der Waals surface area contributed by atoms with Crippen LogP contribution in [0.4, 0.5) is 0 Å². The van der Waals surface area contributed by atoms with Crippen LogP contribution in [0.25, 0.3) is 89.0 Å². The van der Waals surface area contributed by atoms with Crippen LogP contribution >= 0.6 is 0 Å². The van der Waals surface area contributed by atoms with Crippen LogP contribution in [0.2, 0.25) is 0 Å². The summed E-state index contributed by atoms with van der Waals surface area (Å²) in [5.41, 5.74) is 6.49. The van der Waals surface area contributed by atoms with Gasteiger partial charge in [0, 0.05) is 44.7 Å². The first-order chi connectivity index (χ1) is 19.8.